The highest BCUT2D eigenvalue weighted by atomic mass is 35.5. The molecule has 1 aliphatic rings. The second kappa shape index (κ2) is 9.56. The van der Waals surface area contributed by atoms with E-state index >= 15 is 0 Å². The van der Waals surface area contributed by atoms with Crippen molar-refractivity contribution < 1.29 is 9.32 Å². The summed E-state index contributed by atoms with van der Waals surface area (Å²) in [5.41, 5.74) is 2.93. The maximum atomic E-state index is 6.16. The lowest BCUT2D eigenvalue weighted by molar-refractivity contribution is -0.905. The molecule has 0 amide bonds. The van der Waals surface area contributed by atoms with E-state index in [-0.39, 0.29) is 0 Å². The number of oxazole rings is 1. The average molecular weight is 448 g/mol. The molecular weight excluding hydrogens is 419 g/mol. The number of nitrogens with one attached hydrogen (secondary N) is 2. The summed E-state index contributed by atoms with van der Waals surface area (Å²) in [5.74, 6) is 0.488. The van der Waals surface area contributed by atoms with Crippen molar-refractivity contribution >= 4 is 40.3 Å². The van der Waals surface area contributed by atoms with Crippen LogP contribution >= 0.6 is 23.2 Å². The highest BCUT2D eigenvalue weighted by molar-refractivity contribution is 6.42. The van der Waals surface area contributed by atoms with Crippen LogP contribution in [0.15, 0.2) is 46.9 Å². The van der Waals surface area contributed by atoms with Crippen LogP contribution in [0.2, 0.25) is 10.0 Å². The number of anilines is 1. The first kappa shape index (κ1) is 21.4. The minimum atomic E-state index is 0.315. The quantitative estimate of drug-likeness (QED) is 0.574. The highest BCUT2D eigenvalue weighted by Gasteiger charge is 2.26. The molecule has 1 aliphatic heterocycles. The second-order valence-corrected chi connectivity index (χ2v) is 9.27. The number of benzene rings is 2. The third-order valence-electron chi connectivity index (χ3n) is 5.87. The molecule has 7 heteroatoms. The Morgan fingerprint density at radius 1 is 1.10 bits per heavy atom. The Morgan fingerprint density at radius 2 is 1.87 bits per heavy atom. The van der Waals surface area contributed by atoms with Gasteiger partial charge in [0.25, 0.3) is 6.01 Å². The molecule has 4 rings (SSSR count). The molecule has 1 unspecified atom stereocenters. The van der Waals surface area contributed by atoms with Gasteiger partial charge in [-0.2, -0.15) is 4.98 Å². The fourth-order valence-electron chi connectivity index (χ4n) is 3.98. The first-order valence-corrected chi connectivity index (χ1v) is 11.4. The van der Waals surface area contributed by atoms with Gasteiger partial charge in [-0.1, -0.05) is 55.2 Å². The summed E-state index contributed by atoms with van der Waals surface area (Å²) in [4.78, 5) is 8.69. The molecule has 2 aromatic carbocycles. The van der Waals surface area contributed by atoms with Crippen LogP contribution in [0.3, 0.4) is 0 Å². The van der Waals surface area contributed by atoms with Gasteiger partial charge in [0.2, 0.25) is 0 Å². The number of aromatic nitrogens is 1. The van der Waals surface area contributed by atoms with Gasteiger partial charge in [0.05, 0.1) is 35.7 Å². The normalized spacial score (nSPS) is 17.0. The molecule has 2 N–H and O–H groups in total. The summed E-state index contributed by atoms with van der Waals surface area (Å²) < 4.78 is 5.88. The van der Waals surface area contributed by atoms with Gasteiger partial charge in [-0.05, 0) is 35.7 Å². The third-order valence-corrected chi connectivity index (χ3v) is 6.61. The van der Waals surface area contributed by atoms with Crippen LogP contribution in [0.5, 0.6) is 0 Å². The maximum Gasteiger partial charge on any atom is 0.296 e. The third kappa shape index (κ3) is 5.27. The van der Waals surface area contributed by atoms with Crippen molar-refractivity contribution in [3.8, 4) is 0 Å². The monoisotopic (exact) mass is 447 g/mol. The molecule has 30 heavy (non-hydrogen) atoms. The van der Waals surface area contributed by atoms with Crippen molar-refractivity contribution in [2.75, 3.05) is 38.0 Å². The topological polar surface area (TPSA) is 45.7 Å². The number of hydrogen-bond donors (Lipinski definition) is 2. The van der Waals surface area contributed by atoms with Crippen molar-refractivity contribution in [2.24, 2.45) is 5.92 Å². The van der Waals surface area contributed by atoms with Crippen molar-refractivity contribution in [1.82, 2.24) is 9.88 Å². The van der Waals surface area contributed by atoms with Crippen LogP contribution in [0.1, 0.15) is 19.4 Å². The Morgan fingerprint density at radius 3 is 2.57 bits per heavy atom. The zero-order chi connectivity index (χ0) is 21.1. The number of rotatable bonds is 7. The lowest BCUT2D eigenvalue weighted by Crippen LogP contribution is -3.16. The summed E-state index contributed by atoms with van der Waals surface area (Å²) >= 11 is 12.2. The van der Waals surface area contributed by atoms with Crippen molar-refractivity contribution in [2.45, 2.75) is 26.4 Å². The molecule has 0 radical (unpaired) electrons. The van der Waals surface area contributed by atoms with Gasteiger partial charge in [-0.15, -0.1) is 0 Å². The molecule has 0 saturated carbocycles. The van der Waals surface area contributed by atoms with Crippen molar-refractivity contribution in [1.29, 1.82) is 0 Å². The number of hydrogen-bond acceptors (Lipinski definition) is 4. The minimum Gasteiger partial charge on any atom is -0.424 e. The van der Waals surface area contributed by atoms with Crippen LogP contribution < -0.4 is 10.2 Å². The van der Waals surface area contributed by atoms with Gasteiger partial charge < -0.3 is 14.6 Å². The Labute approximate surface area is 188 Å². The molecule has 2 heterocycles. The number of para-hydroxylation sites is 2. The Balaban J connectivity index is 1.31. The van der Waals surface area contributed by atoms with Gasteiger partial charge in [0.1, 0.15) is 5.52 Å². The van der Waals surface area contributed by atoms with Crippen LogP contribution in [0.25, 0.3) is 11.1 Å². The summed E-state index contributed by atoms with van der Waals surface area (Å²) in [6, 6.07) is 14.7. The molecule has 1 aromatic heterocycles. The first-order valence-electron chi connectivity index (χ1n) is 10.6. The predicted molar refractivity (Wildman–Crippen MR) is 124 cm³/mol. The number of quaternary nitrogens is 1. The zero-order valence-corrected chi connectivity index (χ0v) is 19.0. The van der Waals surface area contributed by atoms with E-state index in [1.165, 1.54) is 5.56 Å². The van der Waals surface area contributed by atoms with E-state index in [2.05, 4.69) is 35.1 Å². The smallest absolute Gasteiger partial charge is 0.296 e. The van der Waals surface area contributed by atoms with Crippen molar-refractivity contribution in [3.05, 3.63) is 58.1 Å². The molecule has 1 saturated heterocycles. The fourth-order valence-corrected chi connectivity index (χ4v) is 4.31. The molecule has 1 fully saturated rings. The molecule has 0 spiro atoms. The van der Waals surface area contributed by atoms with E-state index in [9.17, 15) is 0 Å². The average Bonchev–Trinajstić information content (AvgIpc) is 3.14. The molecular formula is C23H29Cl2N4O+. The highest BCUT2D eigenvalue weighted by Crippen LogP contribution is 2.23. The van der Waals surface area contributed by atoms with E-state index in [0.717, 1.165) is 50.4 Å². The second-order valence-electron chi connectivity index (χ2n) is 8.46. The Hall–Kier alpha value is -1.79. The summed E-state index contributed by atoms with van der Waals surface area (Å²) in [6.45, 7) is 10.9. The summed E-state index contributed by atoms with van der Waals surface area (Å²) in [6.07, 6.45) is 0. The summed E-state index contributed by atoms with van der Waals surface area (Å²) in [7, 11) is 0. The van der Waals surface area contributed by atoms with Crippen LogP contribution in [-0.4, -0.2) is 48.6 Å². The molecule has 0 aliphatic carbocycles. The largest absolute Gasteiger partial charge is 0.424 e. The van der Waals surface area contributed by atoms with Gasteiger partial charge in [0, 0.05) is 19.6 Å². The number of halogens is 2. The standard InChI is InChI=1S/C23H28Cl2N4O/c1-16(2)21(27-23-26-20-5-3-4-6-22(20)30-23)15-29-11-9-28(10-12-29)14-17-7-8-18(24)19(25)13-17/h3-8,13,16,21H,9-12,14-15H2,1-2H3,(H,26,27)/p+1. The van der Waals surface area contributed by atoms with E-state index in [1.807, 2.05) is 36.4 Å². The number of nitrogens with zero attached hydrogens (tertiary/aromatic N) is 2. The minimum absolute atomic E-state index is 0.315. The fraction of sp³-hybridized carbons (Fsp3) is 0.435. The SMILES string of the molecule is CC(C)C(C[NH+]1CCN(Cc2ccc(Cl)c(Cl)c2)CC1)Nc1nc2ccccc2o1. The lowest BCUT2D eigenvalue weighted by atomic mass is 10.0. The van der Waals surface area contributed by atoms with Gasteiger partial charge in [-0.3, -0.25) is 4.90 Å². The number of piperazine rings is 1. The Bertz CT molecular complexity index is 949. The first-order chi connectivity index (χ1) is 14.5. The van der Waals surface area contributed by atoms with E-state index in [0.29, 0.717) is 28.0 Å². The molecule has 0 bridgehead atoms. The summed E-state index contributed by atoms with van der Waals surface area (Å²) in [5, 5.41) is 4.78. The van der Waals surface area contributed by atoms with Crippen LogP contribution in [-0.2, 0) is 6.54 Å². The predicted octanol–water partition coefficient (Wildman–Crippen LogP) is 3.97. The maximum absolute atomic E-state index is 6.16. The lowest BCUT2D eigenvalue weighted by Gasteiger charge is -2.34. The number of fused-ring (bicyclic) bond motifs is 1. The van der Waals surface area contributed by atoms with Crippen molar-refractivity contribution in [3.63, 3.8) is 0 Å². The zero-order valence-electron chi connectivity index (χ0n) is 17.5. The van der Waals surface area contributed by atoms with Gasteiger partial charge in [-0.25, -0.2) is 0 Å². The van der Waals surface area contributed by atoms with E-state index < -0.39 is 0 Å². The molecule has 3 aromatic rings. The molecule has 1 atom stereocenters. The van der Waals surface area contributed by atoms with E-state index in [4.69, 9.17) is 27.6 Å². The molecule has 160 valence electrons. The molecule has 5 nitrogen and oxygen atoms in total. The van der Waals surface area contributed by atoms with Gasteiger partial charge in [0.15, 0.2) is 5.58 Å². The van der Waals surface area contributed by atoms with E-state index in [1.54, 1.807) is 4.90 Å². The van der Waals surface area contributed by atoms with Crippen LogP contribution in [0.4, 0.5) is 6.01 Å². The van der Waals surface area contributed by atoms with Gasteiger partial charge >= 0.3 is 0 Å². The Kier molecular flexibility index (Phi) is 6.84. The van der Waals surface area contributed by atoms with Crippen LogP contribution in [0, 0.1) is 5.92 Å².